The van der Waals surface area contributed by atoms with Crippen LogP contribution in [-0.2, 0) is 23.2 Å². The van der Waals surface area contributed by atoms with Crippen LogP contribution in [0.4, 0.5) is 0 Å². The van der Waals surface area contributed by atoms with Crippen LogP contribution in [0.2, 0.25) is 0 Å². The third-order valence-electron chi connectivity index (χ3n) is 6.92. The Morgan fingerprint density at radius 2 is 1.40 bits per heavy atom. The maximum atomic E-state index is 6.06. The second-order valence-corrected chi connectivity index (χ2v) is 8.83. The molecule has 2 nitrogen and oxygen atoms in total. The molecule has 2 heteroatoms. The van der Waals surface area contributed by atoms with Crippen molar-refractivity contribution in [2.45, 2.75) is 44.8 Å². The topological polar surface area (TPSA) is 12.5 Å². The molecule has 0 saturated heterocycles. The summed E-state index contributed by atoms with van der Waals surface area (Å²) in [5.74, 6) is 0. The van der Waals surface area contributed by atoms with Gasteiger partial charge in [0.05, 0.1) is 0 Å². The highest BCUT2D eigenvalue weighted by molar-refractivity contribution is 5.71. The first-order valence-corrected chi connectivity index (χ1v) is 11.0. The molecule has 0 spiro atoms. The number of likely N-dealkylation sites (N-methyl/N-ethyl adjacent to an activating group) is 1. The van der Waals surface area contributed by atoms with Crippen molar-refractivity contribution in [2.75, 3.05) is 21.2 Å². The molecule has 0 aromatic heterocycles. The summed E-state index contributed by atoms with van der Waals surface area (Å²) in [6.45, 7) is 4.42. The second-order valence-electron chi connectivity index (χ2n) is 8.83. The number of benzene rings is 3. The van der Waals surface area contributed by atoms with E-state index in [-0.39, 0.29) is 5.60 Å². The summed E-state index contributed by atoms with van der Waals surface area (Å²) in [5.41, 5.74) is 8.92. The molecule has 0 amide bonds. The molecule has 0 heterocycles. The van der Waals surface area contributed by atoms with E-state index in [4.69, 9.17) is 4.74 Å². The van der Waals surface area contributed by atoms with E-state index in [1.54, 1.807) is 0 Å². The third kappa shape index (κ3) is 3.71. The standard InChI is InChI=1S/C28H33NO/c1-6-20-7-9-21(10-8-20)22-11-13-23(14-12-22)24-15-17-26-25(19-24)16-18-27(29(3)4)28(26,2)30-5/h7-15,17,19,27H,6,16,18H2,1-5H3. The number of rotatable bonds is 5. The molecule has 0 saturated carbocycles. The molecule has 0 aliphatic heterocycles. The van der Waals surface area contributed by atoms with E-state index >= 15 is 0 Å². The molecule has 2 atom stereocenters. The number of nitrogens with zero attached hydrogens (tertiary/aromatic N) is 1. The Labute approximate surface area is 181 Å². The van der Waals surface area contributed by atoms with Gasteiger partial charge in [0, 0.05) is 13.2 Å². The van der Waals surface area contributed by atoms with Crippen LogP contribution < -0.4 is 0 Å². The van der Waals surface area contributed by atoms with Gasteiger partial charge in [-0.05, 0) is 79.2 Å². The van der Waals surface area contributed by atoms with Gasteiger partial charge in [0.15, 0.2) is 0 Å². The highest BCUT2D eigenvalue weighted by atomic mass is 16.5. The zero-order valence-corrected chi connectivity index (χ0v) is 18.9. The fourth-order valence-electron chi connectivity index (χ4n) is 5.00. The summed E-state index contributed by atoms with van der Waals surface area (Å²) in [6.07, 6.45) is 3.28. The predicted molar refractivity (Wildman–Crippen MR) is 127 cm³/mol. The van der Waals surface area contributed by atoms with E-state index in [2.05, 4.69) is 99.6 Å². The fraction of sp³-hybridized carbons (Fsp3) is 0.357. The van der Waals surface area contributed by atoms with Gasteiger partial charge in [-0.15, -0.1) is 0 Å². The van der Waals surface area contributed by atoms with Crippen LogP contribution in [0.1, 0.15) is 37.0 Å². The third-order valence-corrected chi connectivity index (χ3v) is 6.92. The second kappa shape index (κ2) is 8.37. The monoisotopic (exact) mass is 399 g/mol. The van der Waals surface area contributed by atoms with Gasteiger partial charge in [-0.2, -0.15) is 0 Å². The van der Waals surface area contributed by atoms with Crippen LogP contribution in [0.25, 0.3) is 22.3 Å². The van der Waals surface area contributed by atoms with Gasteiger partial charge in [-0.25, -0.2) is 0 Å². The van der Waals surface area contributed by atoms with Crippen LogP contribution in [-0.4, -0.2) is 32.1 Å². The molecule has 0 N–H and O–H groups in total. The zero-order valence-electron chi connectivity index (χ0n) is 18.9. The summed E-state index contributed by atoms with van der Waals surface area (Å²) in [7, 11) is 6.14. The van der Waals surface area contributed by atoms with E-state index in [9.17, 15) is 0 Å². The predicted octanol–water partition coefficient (Wildman–Crippen LogP) is 6.32. The molecule has 1 aliphatic rings. The Bertz CT molecular complexity index is 1000. The molecule has 0 radical (unpaired) electrons. The first-order valence-electron chi connectivity index (χ1n) is 11.0. The quantitative estimate of drug-likeness (QED) is 0.498. The van der Waals surface area contributed by atoms with E-state index < -0.39 is 0 Å². The Kier molecular flexibility index (Phi) is 5.81. The van der Waals surface area contributed by atoms with E-state index in [1.165, 1.54) is 38.9 Å². The first kappa shape index (κ1) is 20.8. The molecule has 2 unspecified atom stereocenters. The minimum Gasteiger partial charge on any atom is -0.372 e. The van der Waals surface area contributed by atoms with Gasteiger partial charge in [0.2, 0.25) is 0 Å². The highest BCUT2D eigenvalue weighted by Gasteiger charge is 2.41. The Morgan fingerprint density at radius 1 is 0.867 bits per heavy atom. The average molecular weight is 400 g/mol. The van der Waals surface area contributed by atoms with Crippen molar-refractivity contribution in [3.05, 3.63) is 83.4 Å². The van der Waals surface area contributed by atoms with Gasteiger partial charge >= 0.3 is 0 Å². The molecule has 1 aliphatic carbocycles. The summed E-state index contributed by atoms with van der Waals surface area (Å²) in [6, 6.07) is 25.1. The first-order chi connectivity index (χ1) is 14.5. The SMILES string of the molecule is CCc1ccc(-c2ccc(-c3ccc4c(c3)CCC(N(C)C)C4(C)OC)cc2)cc1. The largest absolute Gasteiger partial charge is 0.372 e. The van der Waals surface area contributed by atoms with Crippen molar-refractivity contribution in [3.8, 4) is 22.3 Å². The molecule has 3 aromatic rings. The summed E-state index contributed by atoms with van der Waals surface area (Å²) in [5, 5.41) is 0. The van der Waals surface area contributed by atoms with E-state index in [0.717, 1.165) is 19.3 Å². The maximum absolute atomic E-state index is 6.06. The molecule has 4 rings (SSSR count). The van der Waals surface area contributed by atoms with Crippen LogP contribution in [0.3, 0.4) is 0 Å². The lowest BCUT2D eigenvalue weighted by molar-refractivity contribution is -0.0686. The smallest absolute Gasteiger partial charge is 0.106 e. The Hall–Kier alpha value is -2.42. The van der Waals surface area contributed by atoms with Crippen LogP contribution >= 0.6 is 0 Å². The van der Waals surface area contributed by atoms with Crippen molar-refractivity contribution in [3.63, 3.8) is 0 Å². The Balaban J connectivity index is 1.63. The number of hydrogen-bond donors (Lipinski definition) is 0. The summed E-state index contributed by atoms with van der Waals surface area (Å²) in [4.78, 5) is 2.30. The molecular formula is C28H33NO. The minimum atomic E-state index is -0.274. The molecule has 3 aromatic carbocycles. The van der Waals surface area contributed by atoms with Gasteiger partial charge in [0.1, 0.15) is 5.60 Å². The van der Waals surface area contributed by atoms with Gasteiger partial charge in [-0.3, -0.25) is 0 Å². The lowest BCUT2D eigenvalue weighted by Gasteiger charge is -2.45. The Morgan fingerprint density at radius 3 is 1.93 bits per heavy atom. The molecule has 156 valence electrons. The van der Waals surface area contributed by atoms with E-state index in [1.807, 2.05) is 7.11 Å². The molecule has 0 bridgehead atoms. The van der Waals surface area contributed by atoms with Crippen molar-refractivity contribution in [1.29, 1.82) is 0 Å². The van der Waals surface area contributed by atoms with Crippen molar-refractivity contribution in [2.24, 2.45) is 0 Å². The molecule has 30 heavy (non-hydrogen) atoms. The summed E-state index contributed by atoms with van der Waals surface area (Å²) < 4.78 is 6.06. The number of aryl methyl sites for hydroxylation is 2. The lowest BCUT2D eigenvalue weighted by Crippen LogP contribution is -2.50. The normalized spacial score (nSPS) is 20.9. The number of fused-ring (bicyclic) bond motifs is 1. The number of hydrogen-bond acceptors (Lipinski definition) is 2. The van der Waals surface area contributed by atoms with Crippen LogP contribution in [0.15, 0.2) is 66.7 Å². The molecular weight excluding hydrogens is 366 g/mol. The minimum absolute atomic E-state index is 0.274. The lowest BCUT2D eigenvalue weighted by atomic mass is 9.75. The average Bonchev–Trinajstić information content (AvgIpc) is 2.79. The number of ether oxygens (including phenoxy) is 1. The molecule has 0 fully saturated rings. The van der Waals surface area contributed by atoms with Gasteiger partial charge < -0.3 is 9.64 Å². The van der Waals surface area contributed by atoms with Crippen LogP contribution in [0, 0.1) is 0 Å². The highest BCUT2D eigenvalue weighted by Crippen LogP contribution is 2.41. The van der Waals surface area contributed by atoms with Crippen molar-refractivity contribution >= 4 is 0 Å². The van der Waals surface area contributed by atoms with Crippen molar-refractivity contribution < 1.29 is 4.74 Å². The van der Waals surface area contributed by atoms with E-state index in [0.29, 0.717) is 6.04 Å². The van der Waals surface area contributed by atoms with Gasteiger partial charge in [-0.1, -0.05) is 73.7 Å². The maximum Gasteiger partial charge on any atom is 0.106 e. The summed E-state index contributed by atoms with van der Waals surface area (Å²) >= 11 is 0. The fourth-order valence-corrected chi connectivity index (χ4v) is 5.00. The number of methoxy groups -OCH3 is 1. The van der Waals surface area contributed by atoms with Gasteiger partial charge in [0.25, 0.3) is 0 Å². The van der Waals surface area contributed by atoms with Crippen LogP contribution in [0.5, 0.6) is 0 Å². The van der Waals surface area contributed by atoms with Crippen molar-refractivity contribution in [1.82, 2.24) is 4.90 Å². The zero-order chi connectivity index (χ0) is 21.3.